The van der Waals surface area contributed by atoms with Gasteiger partial charge in [0.05, 0.1) is 13.2 Å². The number of unbranched alkanes of at least 4 members (excludes halogenated alkanes) is 33. The molecule has 0 aromatic heterocycles. The van der Waals surface area contributed by atoms with Crippen LogP contribution >= 0.6 is 0 Å². The van der Waals surface area contributed by atoms with Crippen LogP contribution in [0.5, 0.6) is 0 Å². The molecule has 0 bridgehead atoms. The third-order valence-corrected chi connectivity index (χ3v) is 10.3. The second kappa shape index (κ2) is 44.3. The number of hydrogen-bond donors (Lipinski definition) is 1. The Morgan fingerprint density at radius 1 is 0.460 bits per heavy atom. The lowest BCUT2D eigenvalue weighted by molar-refractivity contribution is -0.154. The summed E-state index contributed by atoms with van der Waals surface area (Å²) in [6, 6.07) is 0. The van der Waals surface area contributed by atoms with E-state index in [2.05, 4.69) is 26.0 Å². The first kappa shape index (κ1) is 49.1. The summed E-state index contributed by atoms with van der Waals surface area (Å²) < 4.78 is 11.2. The van der Waals surface area contributed by atoms with Gasteiger partial charge in [-0.05, 0) is 38.5 Å². The molecule has 0 saturated carbocycles. The van der Waals surface area contributed by atoms with Crippen LogP contribution in [0, 0.1) is 0 Å². The summed E-state index contributed by atoms with van der Waals surface area (Å²) in [4.78, 5) is 12.2. The molecule has 0 aliphatic rings. The first-order valence-corrected chi connectivity index (χ1v) is 22.8. The van der Waals surface area contributed by atoms with Crippen LogP contribution in [0.15, 0.2) is 12.2 Å². The van der Waals surface area contributed by atoms with Crippen molar-refractivity contribution < 1.29 is 19.4 Å². The minimum Gasteiger partial charge on any atom is -0.457 e. The zero-order valence-corrected chi connectivity index (χ0v) is 34.2. The van der Waals surface area contributed by atoms with E-state index in [0.717, 1.165) is 19.3 Å². The van der Waals surface area contributed by atoms with Gasteiger partial charge >= 0.3 is 5.97 Å². The summed E-state index contributed by atoms with van der Waals surface area (Å²) in [6.45, 7) is 5.38. The molecule has 0 aliphatic heterocycles. The van der Waals surface area contributed by atoms with Crippen LogP contribution in [0.1, 0.15) is 251 Å². The lowest BCUT2D eigenvalue weighted by Crippen LogP contribution is -2.27. The lowest BCUT2D eigenvalue weighted by Gasteiger charge is -2.16. The van der Waals surface area contributed by atoms with E-state index in [1.165, 1.54) is 212 Å². The molecule has 1 N–H and O–H groups in total. The molecule has 4 heteroatoms. The Bertz CT molecular complexity index is 663. The fourth-order valence-corrected chi connectivity index (χ4v) is 6.91. The monoisotopic (exact) mass is 707 g/mol. The number of ether oxygens (including phenoxy) is 2. The number of esters is 1. The van der Waals surface area contributed by atoms with Gasteiger partial charge in [-0.3, -0.25) is 4.79 Å². The number of aliphatic hydroxyl groups is 1. The molecule has 0 rings (SSSR count). The van der Waals surface area contributed by atoms with Crippen LogP contribution in [0.4, 0.5) is 0 Å². The minimum atomic E-state index is -0.530. The third kappa shape index (κ3) is 41.5. The summed E-state index contributed by atoms with van der Waals surface area (Å²) in [5.74, 6) is -0.195. The van der Waals surface area contributed by atoms with Gasteiger partial charge in [0.1, 0.15) is 6.10 Å². The van der Waals surface area contributed by atoms with Crippen LogP contribution in [0.3, 0.4) is 0 Å². The highest BCUT2D eigenvalue weighted by molar-refractivity contribution is 5.69. The molecular weight excluding hydrogens is 617 g/mol. The van der Waals surface area contributed by atoms with E-state index in [1.807, 2.05) is 0 Å². The van der Waals surface area contributed by atoms with Crippen molar-refractivity contribution in [2.24, 2.45) is 0 Å². The van der Waals surface area contributed by atoms with Gasteiger partial charge in [0.15, 0.2) is 0 Å². The zero-order chi connectivity index (χ0) is 36.3. The maximum atomic E-state index is 12.2. The molecular formula is C46H90O4. The van der Waals surface area contributed by atoms with Gasteiger partial charge in [0, 0.05) is 13.0 Å². The Labute approximate surface area is 314 Å². The molecule has 0 amide bonds. The van der Waals surface area contributed by atoms with Crippen molar-refractivity contribution in [1.29, 1.82) is 0 Å². The van der Waals surface area contributed by atoms with Gasteiger partial charge in [-0.1, -0.05) is 219 Å². The predicted octanol–water partition coefficient (Wildman–Crippen LogP) is 14.9. The van der Waals surface area contributed by atoms with Crippen molar-refractivity contribution in [2.75, 3.05) is 19.8 Å². The second-order valence-electron chi connectivity index (χ2n) is 15.5. The highest BCUT2D eigenvalue weighted by Crippen LogP contribution is 2.16. The number of rotatable bonds is 43. The van der Waals surface area contributed by atoms with Gasteiger partial charge < -0.3 is 14.6 Å². The van der Waals surface area contributed by atoms with Crippen molar-refractivity contribution in [3.8, 4) is 0 Å². The van der Waals surface area contributed by atoms with E-state index in [1.54, 1.807) is 0 Å². The van der Waals surface area contributed by atoms with Crippen molar-refractivity contribution in [3.63, 3.8) is 0 Å². The SMILES string of the molecule is CCCCCCCC/C=C\CCCCCCCCCCOCC(CO)OC(=O)CCCCCCCCCCCCCCCCCCCCCC. The van der Waals surface area contributed by atoms with E-state index in [4.69, 9.17) is 9.47 Å². The van der Waals surface area contributed by atoms with Crippen LogP contribution in [0.2, 0.25) is 0 Å². The van der Waals surface area contributed by atoms with Gasteiger partial charge in [-0.2, -0.15) is 0 Å². The Balaban J connectivity index is 3.37. The van der Waals surface area contributed by atoms with Crippen molar-refractivity contribution in [2.45, 2.75) is 258 Å². The van der Waals surface area contributed by atoms with Crippen molar-refractivity contribution in [3.05, 3.63) is 12.2 Å². The summed E-state index contributed by atoms with van der Waals surface area (Å²) in [5, 5.41) is 9.61. The van der Waals surface area contributed by atoms with Crippen molar-refractivity contribution in [1.82, 2.24) is 0 Å². The molecule has 50 heavy (non-hydrogen) atoms. The number of carbonyl (C=O) groups excluding carboxylic acids is 1. The fourth-order valence-electron chi connectivity index (χ4n) is 6.91. The predicted molar refractivity (Wildman–Crippen MR) is 219 cm³/mol. The maximum absolute atomic E-state index is 12.2. The van der Waals surface area contributed by atoms with Crippen molar-refractivity contribution >= 4 is 5.97 Å². The molecule has 0 spiro atoms. The molecule has 1 unspecified atom stereocenters. The zero-order valence-electron chi connectivity index (χ0n) is 34.2. The standard InChI is InChI=1S/C46H90O4/c1-3-5-7-9-11-13-15-17-19-21-23-24-25-27-29-31-33-35-37-39-41-46(48)50-45(43-47)44-49-42-40-38-36-34-32-30-28-26-22-20-18-16-14-12-10-8-6-4-2/h18,20,45,47H,3-17,19,21-44H2,1-2H3/b20-18-. The molecule has 0 aromatic rings. The van der Waals surface area contributed by atoms with E-state index in [0.29, 0.717) is 19.6 Å². The fraction of sp³-hybridized carbons (Fsp3) is 0.935. The highest BCUT2D eigenvalue weighted by atomic mass is 16.6. The van der Waals surface area contributed by atoms with Gasteiger partial charge in [0.25, 0.3) is 0 Å². The maximum Gasteiger partial charge on any atom is 0.306 e. The van der Waals surface area contributed by atoms with E-state index >= 15 is 0 Å². The molecule has 298 valence electrons. The lowest BCUT2D eigenvalue weighted by atomic mass is 10.0. The third-order valence-electron chi connectivity index (χ3n) is 10.3. The Morgan fingerprint density at radius 2 is 0.780 bits per heavy atom. The second-order valence-corrected chi connectivity index (χ2v) is 15.5. The Hall–Kier alpha value is -0.870. The molecule has 0 fully saturated rings. The van der Waals surface area contributed by atoms with E-state index in [-0.39, 0.29) is 12.6 Å². The summed E-state index contributed by atoms with van der Waals surface area (Å²) >= 11 is 0. The number of allylic oxidation sites excluding steroid dienone is 2. The van der Waals surface area contributed by atoms with E-state index < -0.39 is 6.10 Å². The van der Waals surface area contributed by atoms with Crippen LogP contribution in [-0.2, 0) is 14.3 Å². The first-order chi connectivity index (χ1) is 24.7. The average molecular weight is 707 g/mol. The summed E-state index contributed by atoms with van der Waals surface area (Å²) in [6.07, 6.45) is 52.8. The van der Waals surface area contributed by atoms with Crippen LogP contribution in [-0.4, -0.2) is 37.0 Å². The minimum absolute atomic E-state index is 0.167. The largest absolute Gasteiger partial charge is 0.457 e. The first-order valence-electron chi connectivity index (χ1n) is 22.8. The number of hydrogen-bond acceptors (Lipinski definition) is 4. The average Bonchev–Trinajstić information content (AvgIpc) is 3.12. The van der Waals surface area contributed by atoms with Crippen LogP contribution < -0.4 is 0 Å². The highest BCUT2D eigenvalue weighted by Gasteiger charge is 2.13. The smallest absolute Gasteiger partial charge is 0.306 e. The topological polar surface area (TPSA) is 55.8 Å². The molecule has 0 aliphatic carbocycles. The molecule has 0 saturated heterocycles. The quantitative estimate of drug-likeness (QED) is 0.0390. The molecule has 0 radical (unpaired) electrons. The molecule has 0 aromatic carbocycles. The van der Waals surface area contributed by atoms with Gasteiger partial charge in [-0.15, -0.1) is 0 Å². The summed E-state index contributed by atoms with van der Waals surface area (Å²) in [5.41, 5.74) is 0. The molecule has 4 nitrogen and oxygen atoms in total. The Kier molecular flexibility index (Phi) is 43.5. The van der Waals surface area contributed by atoms with Gasteiger partial charge in [-0.25, -0.2) is 0 Å². The Morgan fingerprint density at radius 3 is 1.14 bits per heavy atom. The number of aliphatic hydroxyl groups excluding tert-OH is 1. The normalized spacial score (nSPS) is 12.3. The van der Waals surface area contributed by atoms with Crippen LogP contribution in [0.25, 0.3) is 0 Å². The molecule has 1 atom stereocenters. The molecule has 0 heterocycles. The van der Waals surface area contributed by atoms with Gasteiger partial charge in [0.2, 0.25) is 0 Å². The number of carbonyl (C=O) groups is 1. The summed E-state index contributed by atoms with van der Waals surface area (Å²) in [7, 11) is 0. The van der Waals surface area contributed by atoms with E-state index in [9.17, 15) is 9.90 Å².